The third-order valence-electron chi connectivity index (χ3n) is 4.42. The first-order valence-electron chi connectivity index (χ1n) is 9.04. The number of aliphatic imine (C=N–C) groups is 1. The Labute approximate surface area is 168 Å². The van der Waals surface area contributed by atoms with Crippen molar-refractivity contribution in [3.63, 3.8) is 0 Å². The SMILES string of the molecule is COC(=O)c1ccc(C2=NC=CCCC(C)=C2C#Cc2ccc(N)nc2)cc1F. The van der Waals surface area contributed by atoms with Crippen LogP contribution in [0.1, 0.15) is 41.3 Å². The quantitative estimate of drug-likeness (QED) is 0.621. The molecule has 0 fully saturated rings. The Morgan fingerprint density at radius 1 is 1.24 bits per heavy atom. The molecule has 0 unspecified atom stereocenters. The Morgan fingerprint density at radius 3 is 2.76 bits per heavy atom. The summed E-state index contributed by atoms with van der Waals surface area (Å²) < 4.78 is 19.1. The van der Waals surface area contributed by atoms with E-state index in [2.05, 4.69) is 26.6 Å². The summed E-state index contributed by atoms with van der Waals surface area (Å²) in [5.41, 5.74) is 9.04. The summed E-state index contributed by atoms with van der Waals surface area (Å²) in [7, 11) is 1.21. The number of nitrogens with two attached hydrogens (primary N) is 1. The number of anilines is 1. The van der Waals surface area contributed by atoms with E-state index in [0.29, 0.717) is 22.7 Å². The number of carbonyl (C=O) groups excluding carboxylic acids is 1. The number of benzene rings is 1. The first-order chi connectivity index (χ1) is 14.0. The summed E-state index contributed by atoms with van der Waals surface area (Å²) in [6.07, 6.45) is 6.90. The Balaban J connectivity index is 2.06. The van der Waals surface area contributed by atoms with Crippen molar-refractivity contribution in [1.29, 1.82) is 0 Å². The van der Waals surface area contributed by atoms with Gasteiger partial charge < -0.3 is 10.5 Å². The van der Waals surface area contributed by atoms with E-state index >= 15 is 0 Å². The van der Waals surface area contributed by atoms with Crippen LogP contribution >= 0.6 is 0 Å². The molecule has 2 aromatic rings. The third kappa shape index (κ3) is 4.77. The molecule has 1 aliphatic heterocycles. The number of pyridine rings is 1. The van der Waals surface area contributed by atoms with Crippen molar-refractivity contribution in [3.05, 3.63) is 82.5 Å². The van der Waals surface area contributed by atoms with Crippen LogP contribution in [-0.4, -0.2) is 23.8 Å². The molecule has 0 saturated carbocycles. The molecule has 6 heteroatoms. The van der Waals surface area contributed by atoms with Crippen LogP contribution < -0.4 is 5.73 Å². The lowest BCUT2D eigenvalue weighted by molar-refractivity contribution is 0.0595. The number of ether oxygens (including phenoxy) is 1. The van der Waals surface area contributed by atoms with Crippen molar-refractivity contribution in [3.8, 4) is 11.8 Å². The molecule has 1 aliphatic rings. The molecule has 0 saturated heterocycles. The minimum Gasteiger partial charge on any atom is -0.465 e. The van der Waals surface area contributed by atoms with Crippen LogP contribution in [0.2, 0.25) is 0 Å². The van der Waals surface area contributed by atoms with E-state index in [1.807, 2.05) is 13.0 Å². The number of carbonyl (C=O) groups is 1. The molecule has 29 heavy (non-hydrogen) atoms. The fraction of sp³-hybridized carbons (Fsp3) is 0.174. The summed E-state index contributed by atoms with van der Waals surface area (Å²) in [4.78, 5) is 20.2. The van der Waals surface area contributed by atoms with Gasteiger partial charge in [0.2, 0.25) is 0 Å². The third-order valence-corrected chi connectivity index (χ3v) is 4.42. The summed E-state index contributed by atoms with van der Waals surface area (Å²) in [5, 5.41) is 0. The Hall–Kier alpha value is -3.72. The molecular formula is C23H20FN3O2. The lowest BCUT2D eigenvalue weighted by Crippen LogP contribution is -2.10. The van der Waals surface area contributed by atoms with E-state index in [9.17, 15) is 9.18 Å². The molecule has 3 rings (SSSR count). The zero-order valence-corrected chi connectivity index (χ0v) is 16.2. The average molecular weight is 389 g/mol. The van der Waals surface area contributed by atoms with E-state index in [1.165, 1.54) is 19.2 Å². The fourth-order valence-electron chi connectivity index (χ4n) is 2.83. The number of nitrogen functional groups attached to an aromatic ring is 1. The fourth-order valence-corrected chi connectivity index (χ4v) is 2.83. The minimum absolute atomic E-state index is 0.125. The number of hydrogen-bond donors (Lipinski definition) is 1. The standard InChI is InChI=1S/C23H20FN3O2/c1-15-5-3-4-12-26-22(17-8-10-19(20(24)13-17)23(28)29-2)18(15)9-6-16-7-11-21(25)27-14-16/h4,7-8,10-14H,3,5H2,1-2H3,(H2,25,27). The van der Waals surface area contributed by atoms with E-state index < -0.39 is 11.8 Å². The molecular weight excluding hydrogens is 369 g/mol. The van der Waals surface area contributed by atoms with Gasteiger partial charge in [-0.25, -0.2) is 14.2 Å². The maximum atomic E-state index is 14.5. The second-order valence-corrected chi connectivity index (χ2v) is 6.46. The molecule has 1 aromatic heterocycles. The molecule has 1 aromatic carbocycles. The van der Waals surface area contributed by atoms with Gasteiger partial charge in [-0.3, -0.25) is 4.99 Å². The number of aromatic nitrogens is 1. The highest BCUT2D eigenvalue weighted by Crippen LogP contribution is 2.22. The molecule has 0 aliphatic carbocycles. The van der Waals surface area contributed by atoms with Gasteiger partial charge in [0.25, 0.3) is 0 Å². The Bertz CT molecular complexity index is 1090. The van der Waals surface area contributed by atoms with Crippen LogP contribution in [0, 0.1) is 17.7 Å². The lowest BCUT2D eigenvalue weighted by atomic mass is 9.94. The Kier molecular flexibility index (Phi) is 6.20. The van der Waals surface area contributed by atoms with Gasteiger partial charge in [0.15, 0.2) is 0 Å². The zero-order valence-electron chi connectivity index (χ0n) is 16.2. The maximum absolute atomic E-state index is 14.5. The summed E-state index contributed by atoms with van der Waals surface area (Å²) >= 11 is 0. The number of halogens is 1. The average Bonchev–Trinajstić information content (AvgIpc) is 2.71. The molecule has 0 amide bonds. The predicted octanol–water partition coefficient (Wildman–Crippen LogP) is 4.05. The second-order valence-electron chi connectivity index (χ2n) is 6.46. The summed E-state index contributed by atoms with van der Waals surface area (Å²) in [6.45, 7) is 1.99. The molecule has 0 bridgehead atoms. The zero-order chi connectivity index (χ0) is 20.8. The van der Waals surface area contributed by atoms with Crippen LogP contribution in [0.25, 0.3) is 0 Å². The van der Waals surface area contributed by atoms with Gasteiger partial charge in [-0.15, -0.1) is 0 Å². The maximum Gasteiger partial charge on any atom is 0.340 e. The largest absolute Gasteiger partial charge is 0.465 e. The first-order valence-corrected chi connectivity index (χ1v) is 9.04. The van der Waals surface area contributed by atoms with Crippen molar-refractivity contribution < 1.29 is 13.9 Å². The summed E-state index contributed by atoms with van der Waals surface area (Å²) in [6, 6.07) is 7.78. The van der Waals surface area contributed by atoms with Gasteiger partial charge in [0, 0.05) is 23.5 Å². The highest BCUT2D eigenvalue weighted by molar-refractivity contribution is 6.16. The van der Waals surface area contributed by atoms with E-state index in [1.54, 1.807) is 30.6 Å². The molecule has 0 atom stereocenters. The number of methoxy groups -OCH3 is 1. The number of allylic oxidation sites excluding steroid dienone is 3. The van der Waals surface area contributed by atoms with Crippen molar-refractivity contribution in [2.24, 2.45) is 4.99 Å². The summed E-state index contributed by atoms with van der Waals surface area (Å²) in [5.74, 6) is 5.26. The van der Waals surface area contributed by atoms with Crippen molar-refractivity contribution in [1.82, 2.24) is 4.98 Å². The normalized spacial score (nSPS) is 13.7. The molecule has 146 valence electrons. The molecule has 0 radical (unpaired) electrons. The van der Waals surface area contributed by atoms with Gasteiger partial charge in [0.1, 0.15) is 11.6 Å². The number of esters is 1. The van der Waals surface area contributed by atoms with Crippen molar-refractivity contribution >= 4 is 17.5 Å². The van der Waals surface area contributed by atoms with E-state index in [0.717, 1.165) is 24.0 Å². The van der Waals surface area contributed by atoms with E-state index in [-0.39, 0.29) is 5.56 Å². The monoisotopic (exact) mass is 389 g/mol. The number of rotatable bonds is 2. The van der Waals surface area contributed by atoms with Gasteiger partial charge in [0.05, 0.1) is 24.0 Å². The molecule has 2 heterocycles. The highest BCUT2D eigenvalue weighted by Gasteiger charge is 2.17. The topological polar surface area (TPSA) is 77.6 Å². The van der Waals surface area contributed by atoms with Gasteiger partial charge in [-0.05, 0) is 44.0 Å². The van der Waals surface area contributed by atoms with Gasteiger partial charge in [-0.1, -0.05) is 29.6 Å². The number of hydrogen-bond acceptors (Lipinski definition) is 5. The van der Waals surface area contributed by atoms with Gasteiger partial charge in [-0.2, -0.15) is 0 Å². The van der Waals surface area contributed by atoms with Crippen LogP contribution in [0.5, 0.6) is 0 Å². The van der Waals surface area contributed by atoms with Gasteiger partial charge >= 0.3 is 5.97 Å². The predicted molar refractivity (Wildman–Crippen MR) is 111 cm³/mol. The van der Waals surface area contributed by atoms with Crippen LogP contribution in [0.3, 0.4) is 0 Å². The van der Waals surface area contributed by atoms with Crippen molar-refractivity contribution in [2.75, 3.05) is 12.8 Å². The lowest BCUT2D eigenvalue weighted by Gasteiger charge is -2.13. The Morgan fingerprint density at radius 2 is 2.07 bits per heavy atom. The molecule has 0 spiro atoms. The van der Waals surface area contributed by atoms with Crippen molar-refractivity contribution in [2.45, 2.75) is 19.8 Å². The van der Waals surface area contributed by atoms with Crippen LogP contribution in [0.4, 0.5) is 10.2 Å². The van der Waals surface area contributed by atoms with Crippen LogP contribution in [0.15, 0.2) is 64.9 Å². The number of nitrogens with zero attached hydrogens (tertiary/aromatic N) is 2. The van der Waals surface area contributed by atoms with Crippen LogP contribution in [-0.2, 0) is 4.74 Å². The highest BCUT2D eigenvalue weighted by atomic mass is 19.1. The minimum atomic E-state index is -0.726. The smallest absolute Gasteiger partial charge is 0.340 e. The first kappa shape index (κ1) is 20.0. The molecule has 2 N–H and O–H groups in total. The second kappa shape index (κ2) is 8.98. The van der Waals surface area contributed by atoms with E-state index in [4.69, 9.17) is 5.73 Å². The molecule has 5 nitrogen and oxygen atoms in total.